The number of nitrogens with one attached hydrogen (secondary N) is 1. The number of fused-ring (bicyclic) bond motifs is 1. The minimum atomic E-state index is -3.62. The average Bonchev–Trinajstić information content (AvgIpc) is 2.17. The van der Waals surface area contributed by atoms with Gasteiger partial charge >= 0.3 is 0 Å². The van der Waals surface area contributed by atoms with Gasteiger partial charge in [-0.1, -0.05) is 0 Å². The molecule has 1 N–H and O–H groups in total. The van der Waals surface area contributed by atoms with E-state index in [1.54, 1.807) is 6.07 Å². The van der Waals surface area contributed by atoms with E-state index < -0.39 is 10.0 Å². The van der Waals surface area contributed by atoms with Gasteiger partial charge < -0.3 is 5.32 Å². The molecule has 0 unspecified atom stereocenters. The van der Waals surface area contributed by atoms with Crippen LogP contribution in [0.1, 0.15) is 0 Å². The molecular weight excluding hydrogens is 226 g/mol. The van der Waals surface area contributed by atoms with Crippen molar-refractivity contribution in [3.63, 3.8) is 0 Å². The van der Waals surface area contributed by atoms with Crippen molar-refractivity contribution in [3.8, 4) is 0 Å². The molecule has 2 heterocycles. The third-order valence-electron chi connectivity index (χ3n) is 1.67. The molecule has 0 spiro atoms. The van der Waals surface area contributed by atoms with Crippen LogP contribution in [0.4, 0.5) is 5.82 Å². The highest BCUT2D eigenvalue weighted by atomic mass is 35.5. The molecule has 0 aromatic carbocycles. The molecule has 0 fully saturated rings. The highest BCUT2D eigenvalue weighted by Crippen LogP contribution is 2.24. The Morgan fingerprint density at radius 2 is 2.29 bits per heavy atom. The summed E-state index contributed by atoms with van der Waals surface area (Å²) in [5, 5.41) is 2.73. The number of alkyl halides is 1. The van der Waals surface area contributed by atoms with Crippen molar-refractivity contribution in [1.82, 2.24) is 4.98 Å². The van der Waals surface area contributed by atoms with Gasteiger partial charge in [-0.25, -0.2) is 4.98 Å². The monoisotopic (exact) mass is 231 g/mol. The molecule has 0 saturated heterocycles. The van der Waals surface area contributed by atoms with Crippen LogP contribution < -0.4 is 5.32 Å². The Bertz CT molecular complexity index is 497. The zero-order valence-corrected chi connectivity index (χ0v) is 8.51. The highest BCUT2D eigenvalue weighted by Gasteiger charge is 2.24. The van der Waals surface area contributed by atoms with Crippen molar-refractivity contribution in [1.29, 1.82) is 0 Å². The molecule has 1 aromatic heterocycles. The summed E-state index contributed by atoms with van der Waals surface area (Å²) >= 11 is 5.49. The molecule has 1 aliphatic heterocycles. The lowest BCUT2D eigenvalue weighted by atomic mass is 10.4. The molecule has 2 rings (SSSR count). The second kappa shape index (κ2) is 3.21. The van der Waals surface area contributed by atoms with E-state index in [-0.39, 0.29) is 22.4 Å². The van der Waals surface area contributed by atoms with Crippen LogP contribution in [0.2, 0.25) is 0 Å². The van der Waals surface area contributed by atoms with Crippen LogP contribution in [-0.4, -0.2) is 25.1 Å². The number of amidine groups is 1. The van der Waals surface area contributed by atoms with Gasteiger partial charge in [-0.05, 0) is 12.1 Å². The maximum atomic E-state index is 11.5. The van der Waals surface area contributed by atoms with Crippen LogP contribution in [0.3, 0.4) is 0 Å². The van der Waals surface area contributed by atoms with Gasteiger partial charge in [-0.3, -0.25) is 0 Å². The van der Waals surface area contributed by atoms with E-state index in [0.29, 0.717) is 0 Å². The number of nitrogens with zero attached hydrogens (tertiary/aromatic N) is 2. The summed E-state index contributed by atoms with van der Waals surface area (Å²) in [6.07, 6.45) is 1.50. The van der Waals surface area contributed by atoms with E-state index in [4.69, 9.17) is 11.6 Å². The maximum absolute atomic E-state index is 11.5. The first-order valence-electron chi connectivity index (χ1n) is 3.75. The Morgan fingerprint density at radius 3 is 3.00 bits per heavy atom. The van der Waals surface area contributed by atoms with Crippen molar-refractivity contribution in [3.05, 3.63) is 18.3 Å². The van der Waals surface area contributed by atoms with Crippen LogP contribution in [0.15, 0.2) is 27.6 Å². The Kier molecular flexibility index (Phi) is 2.16. The van der Waals surface area contributed by atoms with Gasteiger partial charge in [0.1, 0.15) is 10.7 Å². The smallest absolute Gasteiger partial charge is 0.287 e. The van der Waals surface area contributed by atoms with Crippen LogP contribution in [0.5, 0.6) is 0 Å². The van der Waals surface area contributed by atoms with E-state index in [1.807, 2.05) is 0 Å². The van der Waals surface area contributed by atoms with Gasteiger partial charge in [0.25, 0.3) is 10.0 Å². The first-order chi connectivity index (χ1) is 6.63. The molecule has 0 saturated carbocycles. The molecule has 14 heavy (non-hydrogen) atoms. The molecule has 0 bridgehead atoms. The van der Waals surface area contributed by atoms with Crippen molar-refractivity contribution in [2.24, 2.45) is 4.40 Å². The van der Waals surface area contributed by atoms with E-state index >= 15 is 0 Å². The van der Waals surface area contributed by atoms with Gasteiger partial charge in [0, 0.05) is 6.20 Å². The van der Waals surface area contributed by atoms with Crippen LogP contribution in [-0.2, 0) is 10.0 Å². The fourth-order valence-electron chi connectivity index (χ4n) is 1.10. The van der Waals surface area contributed by atoms with Crippen molar-refractivity contribution >= 4 is 33.3 Å². The average molecular weight is 232 g/mol. The van der Waals surface area contributed by atoms with Gasteiger partial charge in [0.15, 0.2) is 5.82 Å². The van der Waals surface area contributed by atoms with Crippen molar-refractivity contribution in [2.75, 3.05) is 11.2 Å². The number of pyridine rings is 1. The standard InChI is InChI=1S/C7H6ClN3O2S/c8-4-6-10-7-5(2-1-3-9-7)14(12,13)11-6/h1-3H,4H2,(H,9,10,11). The minimum Gasteiger partial charge on any atom is -0.326 e. The predicted octanol–water partition coefficient (Wildman–Crippen LogP) is 0.833. The van der Waals surface area contributed by atoms with Gasteiger partial charge in [-0.2, -0.15) is 8.42 Å². The summed E-state index contributed by atoms with van der Waals surface area (Å²) in [5.41, 5.74) is 0. The molecule has 0 aliphatic carbocycles. The summed E-state index contributed by atoms with van der Waals surface area (Å²) < 4.78 is 26.5. The lowest BCUT2D eigenvalue weighted by Crippen LogP contribution is -2.23. The Morgan fingerprint density at radius 1 is 1.50 bits per heavy atom. The van der Waals surface area contributed by atoms with Crippen LogP contribution in [0, 0.1) is 0 Å². The number of anilines is 1. The fourth-order valence-corrected chi connectivity index (χ4v) is 2.40. The third kappa shape index (κ3) is 1.46. The molecular formula is C7H6ClN3O2S. The number of halogens is 1. The minimum absolute atomic E-state index is 0.00917. The van der Waals surface area contributed by atoms with Crippen LogP contribution in [0.25, 0.3) is 0 Å². The number of hydrogen-bond donors (Lipinski definition) is 1. The molecule has 7 heteroatoms. The number of sulfonamides is 1. The first-order valence-corrected chi connectivity index (χ1v) is 5.73. The normalized spacial score (nSPS) is 17.9. The second-order valence-electron chi connectivity index (χ2n) is 2.62. The second-order valence-corrected chi connectivity index (χ2v) is 4.46. The van der Waals surface area contributed by atoms with Crippen molar-refractivity contribution < 1.29 is 8.42 Å². The van der Waals surface area contributed by atoms with Gasteiger partial charge in [0.2, 0.25) is 0 Å². The van der Waals surface area contributed by atoms with E-state index in [0.717, 1.165) is 0 Å². The highest BCUT2D eigenvalue weighted by molar-refractivity contribution is 7.90. The van der Waals surface area contributed by atoms with E-state index in [2.05, 4.69) is 14.7 Å². The number of hydrogen-bond acceptors (Lipinski definition) is 4. The Hall–Kier alpha value is -1.14. The Labute approximate surface area is 85.9 Å². The zero-order chi connectivity index (χ0) is 10.2. The largest absolute Gasteiger partial charge is 0.326 e. The van der Waals surface area contributed by atoms with Crippen molar-refractivity contribution in [2.45, 2.75) is 4.90 Å². The predicted molar refractivity (Wildman–Crippen MR) is 53.2 cm³/mol. The molecule has 0 atom stereocenters. The molecule has 74 valence electrons. The number of rotatable bonds is 1. The maximum Gasteiger partial charge on any atom is 0.287 e. The number of aromatic nitrogens is 1. The molecule has 1 aromatic rings. The third-order valence-corrected chi connectivity index (χ3v) is 3.27. The van der Waals surface area contributed by atoms with E-state index in [1.165, 1.54) is 12.3 Å². The quantitative estimate of drug-likeness (QED) is 0.727. The molecule has 1 aliphatic rings. The summed E-state index contributed by atoms with van der Waals surface area (Å²) in [5.74, 6) is 0.478. The lowest BCUT2D eigenvalue weighted by molar-refractivity contribution is 0.597. The summed E-state index contributed by atoms with van der Waals surface area (Å²) in [6, 6.07) is 2.98. The zero-order valence-electron chi connectivity index (χ0n) is 6.94. The van der Waals surface area contributed by atoms with Gasteiger partial charge in [-0.15, -0.1) is 16.0 Å². The Balaban J connectivity index is 2.63. The molecule has 5 nitrogen and oxygen atoms in total. The van der Waals surface area contributed by atoms with Gasteiger partial charge in [0.05, 0.1) is 5.88 Å². The molecule has 0 amide bonds. The molecule has 0 radical (unpaired) electrons. The fraction of sp³-hybridized carbons (Fsp3) is 0.143. The van der Waals surface area contributed by atoms with E-state index in [9.17, 15) is 8.42 Å². The first kappa shape index (κ1) is 9.42. The lowest BCUT2D eigenvalue weighted by Gasteiger charge is -2.14. The topological polar surface area (TPSA) is 71.4 Å². The summed E-state index contributed by atoms with van der Waals surface area (Å²) in [7, 11) is -3.62. The van der Waals surface area contributed by atoms with Crippen LogP contribution >= 0.6 is 11.6 Å². The SMILES string of the molecule is O=S1(=O)N=C(CCl)Nc2ncccc21. The summed E-state index contributed by atoms with van der Waals surface area (Å²) in [6.45, 7) is 0. The summed E-state index contributed by atoms with van der Waals surface area (Å²) in [4.78, 5) is 3.96.